The first kappa shape index (κ1) is 13.5. The van der Waals surface area contributed by atoms with Crippen LogP contribution in [0, 0.1) is 11.8 Å². The molecule has 0 aromatic carbocycles. The van der Waals surface area contributed by atoms with Gasteiger partial charge in [-0.1, -0.05) is 13.8 Å². The van der Waals surface area contributed by atoms with E-state index in [1.165, 1.54) is 29.0 Å². The molecular weight excluding hydrogens is 296 g/mol. The number of hydrogen-bond acceptors (Lipinski definition) is 3. The lowest BCUT2D eigenvalue weighted by molar-refractivity contribution is 0.321. The standard InChI is InChI=1S/C13H21BrN2S/c1-10-7-16(8-11(10)2)4-3-15-6-13-5-12(14)9-17-13/h5,9-11,15H,3-4,6-8H2,1-2H3. The van der Waals surface area contributed by atoms with Crippen LogP contribution in [0.4, 0.5) is 0 Å². The first-order valence-electron chi connectivity index (χ1n) is 6.31. The van der Waals surface area contributed by atoms with Crippen molar-refractivity contribution in [3.63, 3.8) is 0 Å². The van der Waals surface area contributed by atoms with Crippen molar-refractivity contribution in [3.8, 4) is 0 Å². The van der Waals surface area contributed by atoms with Gasteiger partial charge in [0.2, 0.25) is 0 Å². The van der Waals surface area contributed by atoms with Gasteiger partial charge in [-0.3, -0.25) is 0 Å². The SMILES string of the molecule is CC1CN(CCNCc2cc(Br)cs2)CC1C. The Kier molecular flexibility index (Phi) is 5.03. The van der Waals surface area contributed by atoms with Crippen molar-refractivity contribution < 1.29 is 0 Å². The fourth-order valence-corrected chi connectivity index (χ4v) is 3.75. The Morgan fingerprint density at radius 2 is 2.12 bits per heavy atom. The first-order valence-corrected chi connectivity index (χ1v) is 7.98. The number of likely N-dealkylation sites (tertiary alicyclic amines) is 1. The van der Waals surface area contributed by atoms with Crippen molar-refractivity contribution in [3.05, 3.63) is 20.8 Å². The molecule has 1 aliphatic rings. The zero-order valence-corrected chi connectivity index (χ0v) is 13.0. The molecule has 17 heavy (non-hydrogen) atoms. The van der Waals surface area contributed by atoms with Crippen LogP contribution in [-0.2, 0) is 6.54 Å². The smallest absolute Gasteiger partial charge is 0.0300 e. The van der Waals surface area contributed by atoms with E-state index < -0.39 is 0 Å². The first-order chi connectivity index (χ1) is 8.15. The van der Waals surface area contributed by atoms with Crippen LogP contribution >= 0.6 is 27.3 Å². The Labute approximate surface area is 117 Å². The van der Waals surface area contributed by atoms with E-state index in [0.29, 0.717) is 0 Å². The predicted molar refractivity (Wildman–Crippen MR) is 78.5 cm³/mol. The van der Waals surface area contributed by atoms with Gasteiger partial charge in [0.15, 0.2) is 0 Å². The van der Waals surface area contributed by atoms with Gasteiger partial charge in [-0.2, -0.15) is 0 Å². The summed E-state index contributed by atoms with van der Waals surface area (Å²) >= 11 is 5.29. The molecule has 1 aromatic rings. The summed E-state index contributed by atoms with van der Waals surface area (Å²) in [4.78, 5) is 3.98. The molecule has 0 saturated carbocycles. The molecule has 4 heteroatoms. The van der Waals surface area contributed by atoms with Crippen molar-refractivity contribution in [1.29, 1.82) is 0 Å². The van der Waals surface area contributed by atoms with Crippen LogP contribution in [0.25, 0.3) is 0 Å². The van der Waals surface area contributed by atoms with Gasteiger partial charge in [0.25, 0.3) is 0 Å². The number of rotatable bonds is 5. The molecule has 96 valence electrons. The van der Waals surface area contributed by atoms with E-state index in [-0.39, 0.29) is 0 Å². The van der Waals surface area contributed by atoms with E-state index in [2.05, 4.69) is 51.4 Å². The topological polar surface area (TPSA) is 15.3 Å². The second-order valence-corrected chi connectivity index (χ2v) is 7.03. The maximum Gasteiger partial charge on any atom is 0.0300 e. The maximum atomic E-state index is 3.52. The molecule has 0 radical (unpaired) electrons. The third-order valence-corrected chi connectivity index (χ3v) is 5.29. The summed E-state index contributed by atoms with van der Waals surface area (Å²) < 4.78 is 1.20. The molecule has 1 N–H and O–H groups in total. The molecule has 1 saturated heterocycles. The molecule has 0 bridgehead atoms. The second-order valence-electron chi connectivity index (χ2n) is 5.12. The molecule has 2 atom stereocenters. The van der Waals surface area contributed by atoms with Crippen LogP contribution in [0.1, 0.15) is 18.7 Å². The van der Waals surface area contributed by atoms with Crippen LogP contribution in [0.15, 0.2) is 15.9 Å². The van der Waals surface area contributed by atoms with Crippen molar-refractivity contribution in [2.45, 2.75) is 20.4 Å². The third kappa shape index (κ3) is 4.05. The molecule has 1 fully saturated rings. The van der Waals surface area contributed by atoms with Gasteiger partial charge in [-0.25, -0.2) is 0 Å². The molecule has 0 aliphatic carbocycles. The molecule has 0 spiro atoms. The molecular formula is C13H21BrN2S. The van der Waals surface area contributed by atoms with Crippen molar-refractivity contribution in [2.24, 2.45) is 11.8 Å². The van der Waals surface area contributed by atoms with Crippen LogP contribution in [0.5, 0.6) is 0 Å². The Morgan fingerprint density at radius 1 is 1.41 bits per heavy atom. The number of halogens is 1. The zero-order chi connectivity index (χ0) is 12.3. The third-order valence-electron chi connectivity index (χ3n) is 3.59. The quantitative estimate of drug-likeness (QED) is 0.839. The lowest BCUT2D eigenvalue weighted by Gasteiger charge is -2.15. The predicted octanol–water partition coefficient (Wildman–Crippen LogP) is 3.19. The highest BCUT2D eigenvalue weighted by molar-refractivity contribution is 9.10. The lowest BCUT2D eigenvalue weighted by atomic mass is 10.0. The second kappa shape index (κ2) is 6.32. The Bertz CT molecular complexity index is 343. The molecule has 1 aliphatic heterocycles. The highest BCUT2D eigenvalue weighted by Crippen LogP contribution is 2.21. The number of thiophene rings is 1. The van der Waals surface area contributed by atoms with Gasteiger partial charge < -0.3 is 10.2 Å². The van der Waals surface area contributed by atoms with Gasteiger partial charge in [0.1, 0.15) is 0 Å². The van der Waals surface area contributed by atoms with Gasteiger partial charge >= 0.3 is 0 Å². The summed E-state index contributed by atoms with van der Waals surface area (Å²) in [5, 5.41) is 5.66. The minimum Gasteiger partial charge on any atom is -0.311 e. The van der Waals surface area contributed by atoms with Gasteiger partial charge in [-0.05, 0) is 33.8 Å². The van der Waals surface area contributed by atoms with E-state index >= 15 is 0 Å². The summed E-state index contributed by atoms with van der Waals surface area (Å²) in [6.07, 6.45) is 0. The molecule has 1 aromatic heterocycles. The highest BCUT2D eigenvalue weighted by Gasteiger charge is 2.24. The van der Waals surface area contributed by atoms with Crippen molar-refractivity contribution >= 4 is 27.3 Å². The van der Waals surface area contributed by atoms with Gasteiger partial charge in [-0.15, -0.1) is 11.3 Å². The fourth-order valence-electron chi connectivity index (χ4n) is 2.33. The maximum absolute atomic E-state index is 3.52. The van der Waals surface area contributed by atoms with Crippen LogP contribution in [0.2, 0.25) is 0 Å². The van der Waals surface area contributed by atoms with Gasteiger partial charge in [0.05, 0.1) is 0 Å². The number of nitrogens with zero attached hydrogens (tertiary/aromatic N) is 1. The van der Waals surface area contributed by atoms with E-state index in [4.69, 9.17) is 0 Å². The van der Waals surface area contributed by atoms with Crippen LogP contribution < -0.4 is 5.32 Å². The number of nitrogens with one attached hydrogen (secondary N) is 1. The molecule has 2 nitrogen and oxygen atoms in total. The fraction of sp³-hybridized carbons (Fsp3) is 0.692. The van der Waals surface area contributed by atoms with Crippen molar-refractivity contribution in [2.75, 3.05) is 26.2 Å². The van der Waals surface area contributed by atoms with E-state index in [1.54, 1.807) is 0 Å². The summed E-state index contributed by atoms with van der Waals surface area (Å²) in [7, 11) is 0. The molecule has 2 unspecified atom stereocenters. The lowest BCUT2D eigenvalue weighted by Crippen LogP contribution is -2.30. The summed E-state index contributed by atoms with van der Waals surface area (Å²) in [6.45, 7) is 10.5. The minimum atomic E-state index is 0.864. The van der Waals surface area contributed by atoms with Crippen LogP contribution in [0.3, 0.4) is 0 Å². The number of hydrogen-bond donors (Lipinski definition) is 1. The highest BCUT2D eigenvalue weighted by atomic mass is 79.9. The Balaban J connectivity index is 1.61. The minimum absolute atomic E-state index is 0.864. The van der Waals surface area contributed by atoms with E-state index in [0.717, 1.165) is 24.9 Å². The molecule has 2 rings (SSSR count). The Morgan fingerprint density at radius 3 is 2.71 bits per heavy atom. The van der Waals surface area contributed by atoms with E-state index in [9.17, 15) is 0 Å². The average Bonchev–Trinajstić information content (AvgIpc) is 2.82. The van der Waals surface area contributed by atoms with Crippen molar-refractivity contribution in [1.82, 2.24) is 10.2 Å². The normalized spacial score (nSPS) is 25.6. The molecule has 2 heterocycles. The average molecular weight is 317 g/mol. The zero-order valence-electron chi connectivity index (χ0n) is 10.6. The van der Waals surface area contributed by atoms with Crippen LogP contribution in [-0.4, -0.2) is 31.1 Å². The monoisotopic (exact) mass is 316 g/mol. The summed E-state index contributed by atoms with van der Waals surface area (Å²) in [6, 6.07) is 2.19. The summed E-state index contributed by atoms with van der Waals surface area (Å²) in [5.41, 5.74) is 0. The summed E-state index contributed by atoms with van der Waals surface area (Å²) in [5.74, 6) is 1.73. The molecule has 0 amide bonds. The van der Waals surface area contributed by atoms with Gasteiger partial charge in [0, 0.05) is 47.5 Å². The Hall–Kier alpha value is 0.1000. The largest absolute Gasteiger partial charge is 0.311 e. The van der Waals surface area contributed by atoms with E-state index in [1.807, 2.05) is 11.3 Å².